The fraction of sp³-hybridized carbons (Fsp3) is 0.217. The van der Waals surface area contributed by atoms with Crippen LogP contribution in [-0.4, -0.2) is 46.1 Å². The minimum absolute atomic E-state index is 0.0683. The lowest BCUT2D eigenvalue weighted by atomic mass is 10.1. The number of alkyl halides is 1. The van der Waals surface area contributed by atoms with Crippen molar-refractivity contribution in [3.05, 3.63) is 54.5 Å². The molecule has 170 valence electrons. The lowest BCUT2D eigenvalue weighted by molar-refractivity contribution is 0.254. The summed E-state index contributed by atoms with van der Waals surface area (Å²) in [5.74, 6) is 0.859. The van der Waals surface area contributed by atoms with E-state index in [9.17, 15) is 14.3 Å². The van der Waals surface area contributed by atoms with Crippen LogP contribution in [0.25, 0.3) is 10.9 Å². The number of amides is 2. The SMILES string of the molecule is COc1cc2ncnc(Oc3cccc(NC(=O)NC4=CC(C(C)(C)F)=NC4)c3)c2cc1O. The van der Waals surface area contributed by atoms with Crippen LogP contribution >= 0.6 is 0 Å². The molecule has 0 unspecified atom stereocenters. The molecule has 9 nitrogen and oxygen atoms in total. The lowest BCUT2D eigenvalue weighted by Crippen LogP contribution is -2.29. The summed E-state index contributed by atoms with van der Waals surface area (Å²) in [6.45, 7) is 3.03. The van der Waals surface area contributed by atoms with Crippen LogP contribution in [0.5, 0.6) is 23.1 Å². The van der Waals surface area contributed by atoms with E-state index in [1.165, 1.54) is 39.4 Å². The standard InChI is InChI=1S/C23H22FN5O4/c1-23(2,24)20-8-14(11-25-20)29-22(31)28-13-5-4-6-15(7-13)33-21-16-9-18(30)19(32-3)10-17(16)26-12-27-21/h4-10,12,30H,11H2,1-3H3,(H2,28,29,31). The van der Waals surface area contributed by atoms with E-state index in [1.54, 1.807) is 30.3 Å². The number of fused-ring (bicyclic) bond motifs is 1. The molecule has 10 heteroatoms. The number of phenolic OH excluding ortho intramolecular Hbond substituents is 1. The van der Waals surface area contributed by atoms with Gasteiger partial charge in [-0.2, -0.15) is 0 Å². The predicted molar refractivity (Wildman–Crippen MR) is 122 cm³/mol. The number of urea groups is 1. The zero-order chi connectivity index (χ0) is 23.6. The van der Waals surface area contributed by atoms with Crippen LogP contribution in [-0.2, 0) is 0 Å². The lowest BCUT2D eigenvalue weighted by Gasteiger charge is -2.12. The number of aliphatic imine (C=N–C) groups is 1. The number of hydrogen-bond donors (Lipinski definition) is 3. The second-order valence-corrected chi connectivity index (χ2v) is 7.77. The molecule has 0 atom stereocenters. The van der Waals surface area contributed by atoms with Gasteiger partial charge in [0, 0.05) is 23.5 Å². The molecule has 0 saturated carbocycles. The van der Waals surface area contributed by atoms with Crippen molar-refractivity contribution in [2.75, 3.05) is 19.0 Å². The second kappa shape index (κ2) is 8.73. The van der Waals surface area contributed by atoms with Crippen molar-refractivity contribution < 1.29 is 23.8 Å². The number of aromatic hydroxyl groups is 1. The van der Waals surface area contributed by atoms with Crippen LogP contribution < -0.4 is 20.1 Å². The van der Waals surface area contributed by atoms with Crippen LogP contribution in [0, 0.1) is 0 Å². The molecule has 2 aromatic carbocycles. The summed E-state index contributed by atoms with van der Waals surface area (Å²) in [4.78, 5) is 24.8. The molecule has 0 spiro atoms. The minimum atomic E-state index is -1.57. The van der Waals surface area contributed by atoms with Crippen molar-refractivity contribution in [3.63, 3.8) is 0 Å². The van der Waals surface area contributed by atoms with Gasteiger partial charge in [-0.1, -0.05) is 6.07 Å². The smallest absolute Gasteiger partial charge is 0.323 e. The molecular formula is C23H22FN5O4. The van der Waals surface area contributed by atoms with E-state index in [0.29, 0.717) is 28.0 Å². The van der Waals surface area contributed by atoms with E-state index in [4.69, 9.17) is 9.47 Å². The second-order valence-electron chi connectivity index (χ2n) is 7.77. The number of allylic oxidation sites excluding steroid dienone is 1. The Morgan fingerprint density at radius 3 is 2.73 bits per heavy atom. The molecule has 1 aliphatic rings. The van der Waals surface area contributed by atoms with Crippen molar-refractivity contribution in [3.8, 4) is 23.1 Å². The van der Waals surface area contributed by atoms with Crippen molar-refractivity contribution in [2.45, 2.75) is 19.5 Å². The monoisotopic (exact) mass is 451 g/mol. The molecule has 2 heterocycles. The van der Waals surface area contributed by atoms with Crippen LogP contribution in [0.4, 0.5) is 14.9 Å². The predicted octanol–water partition coefficient (Wildman–Crippen LogP) is 4.34. The van der Waals surface area contributed by atoms with E-state index >= 15 is 0 Å². The zero-order valence-corrected chi connectivity index (χ0v) is 18.2. The third kappa shape index (κ3) is 5.00. The van der Waals surface area contributed by atoms with E-state index in [-0.39, 0.29) is 29.6 Å². The summed E-state index contributed by atoms with van der Waals surface area (Å²) in [6.07, 6.45) is 2.87. The van der Waals surface area contributed by atoms with E-state index < -0.39 is 11.7 Å². The maximum Gasteiger partial charge on any atom is 0.323 e. The van der Waals surface area contributed by atoms with Gasteiger partial charge in [-0.3, -0.25) is 4.99 Å². The highest BCUT2D eigenvalue weighted by atomic mass is 19.1. The number of carbonyl (C=O) groups is 1. The first-order valence-electron chi connectivity index (χ1n) is 10.0. The first-order valence-corrected chi connectivity index (χ1v) is 10.0. The third-order valence-electron chi connectivity index (χ3n) is 4.82. The number of methoxy groups -OCH3 is 1. The van der Waals surface area contributed by atoms with Crippen molar-refractivity contribution in [1.82, 2.24) is 15.3 Å². The number of ether oxygens (including phenoxy) is 2. The summed E-state index contributed by atoms with van der Waals surface area (Å²) in [6, 6.07) is 9.27. The normalized spacial score (nSPS) is 13.3. The molecule has 1 aliphatic heterocycles. The van der Waals surface area contributed by atoms with Gasteiger partial charge in [-0.25, -0.2) is 19.2 Å². The molecular weight excluding hydrogens is 429 g/mol. The Bertz CT molecular complexity index is 1280. The number of aromatic nitrogens is 2. The van der Waals surface area contributed by atoms with Gasteiger partial charge >= 0.3 is 6.03 Å². The Labute approximate surface area is 189 Å². The average molecular weight is 451 g/mol. The van der Waals surface area contributed by atoms with Gasteiger partial charge in [-0.15, -0.1) is 0 Å². The number of carbonyl (C=O) groups excluding carboxylic acids is 1. The van der Waals surface area contributed by atoms with Gasteiger partial charge in [0.15, 0.2) is 11.5 Å². The number of nitrogens with one attached hydrogen (secondary N) is 2. The molecule has 3 aromatic rings. The van der Waals surface area contributed by atoms with Gasteiger partial charge in [0.2, 0.25) is 5.88 Å². The molecule has 0 radical (unpaired) electrons. The number of anilines is 1. The van der Waals surface area contributed by atoms with Crippen molar-refractivity contribution in [1.29, 1.82) is 0 Å². The Balaban J connectivity index is 1.47. The highest BCUT2D eigenvalue weighted by molar-refractivity contribution is 6.04. The molecule has 0 saturated heterocycles. The van der Waals surface area contributed by atoms with E-state index in [1.807, 2.05) is 0 Å². The molecule has 0 fully saturated rings. The summed E-state index contributed by atoms with van der Waals surface area (Å²) in [7, 11) is 1.45. The third-order valence-corrected chi connectivity index (χ3v) is 4.82. The van der Waals surface area contributed by atoms with Gasteiger partial charge in [0.25, 0.3) is 0 Å². The number of phenols is 1. The zero-order valence-electron chi connectivity index (χ0n) is 18.2. The van der Waals surface area contributed by atoms with Gasteiger partial charge in [0.05, 0.1) is 30.3 Å². The highest BCUT2D eigenvalue weighted by Crippen LogP contribution is 2.35. The molecule has 3 N–H and O–H groups in total. The Kier molecular flexibility index (Phi) is 5.82. The van der Waals surface area contributed by atoms with Crippen molar-refractivity contribution in [2.24, 2.45) is 4.99 Å². The van der Waals surface area contributed by atoms with Gasteiger partial charge in [0.1, 0.15) is 17.7 Å². The molecule has 2 amide bonds. The topological polar surface area (TPSA) is 118 Å². The molecule has 33 heavy (non-hydrogen) atoms. The first-order chi connectivity index (χ1) is 15.7. The number of hydrogen-bond acceptors (Lipinski definition) is 7. The Morgan fingerprint density at radius 2 is 2.00 bits per heavy atom. The Morgan fingerprint density at radius 1 is 1.18 bits per heavy atom. The number of rotatable bonds is 6. The first kappa shape index (κ1) is 22.0. The molecule has 0 bridgehead atoms. The van der Waals surface area contributed by atoms with Crippen LogP contribution in [0.15, 0.2) is 59.5 Å². The van der Waals surface area contributed by atoms with Crippen LogP contribution in [0.1, 0.15) is 13.8 Å². The Hall–Kier alpha value is -4.21. The fourth-order valence-electron chi connectivity index (χ4n) is 3.21. The number of halogens is 1. The summed E-state index contributed by atoms with van der Waals surface area (Å²) >= 11 is 0. The quantitative estimate of drug-likeness (QED) is 0.513. The van der Waals surface area contributed by atoms with Crippen LogP contribution in [0.3, 0.4) is 0 Å². The largest absolute Gasteiger partial charge is 0.504 e. The summed E-state index contributed by atoms with van der Waals surface area (Å²) in [5.41, 5.74) is 0.223. The van der Waals surface area contributed by atoms with Gasteiger partial charge in [-0.05, 0) is 38.1 Å². The summed E-state index contributed by atoms with van der Waals surface area (Å²) < 4.78 is 25.0. The molecule has 4 rings (SSSR count). The van der Waals surface area contributed by atoms with Gasteiger partial charge < -0.3 is 25.2 Å². The average Bonchev–Trinajstić information content (AvgIpc) is 3.23. The maximum absolute atomic E-state index is 14.0. The minimum Gasteiger partial charge on any atom is -0.504 e. The molecule has 1 aromatic heterocycles. The van der Waals surface area contributed by atoms with Crippen LogP contribution in [0.2, 0.25) is 0 Å². The highest BCUT2D eigenvalue weighted by Gasteiger charge is 2.26. The van der Waals surface area contributed by atoms with Crippen molar-refractivity contribution >= 4 is 28.3 Å². The number of benzene rings is 2. The molecule has 0 aliphatic carbocycles. The summed E-state index contributed by atoms with van der Waals surface area (Å²) in [5, 5.41) is 16.0. The number of nitrogens with zero attached hydrogens (tertiary/aromatic N) is 3. The fourth-order valence-corrected chi connectivity index (χ4v) is 3.21. The van der Waals surface area contributed by atoms with E-state index in [2.05, 4.69) is 25.6 Å². The maximum atomic E-state index is 14.0. The van der Waals surface area contributed by atoms with E-state index in [0.717, 1.165) is 0 Å².